The summed E-state index contributed by atoms with van der Waals surface area (Å²) >= 11 is 0. The highest BCUT2D eigenvalue weighted by molar-refractivity contribution is 7.01. The van der Waals surface area contributed by atoms with Gasteiger partial charge in [-0.05, 0) is 169 Å². The van der Waals surface area contributed by atoms with Gasteiger partial charge >= 0.3 is 0 Å². The van der Waals surface area contributed by atoms with Gasteiger partial charge in [-0.15, -0.1) is 0 Å². The monoisotopic (exact) mass is 982 g/mol. The van der Waals surface area contributed by atoms with Crippen LogP contribution < -0.4 is 31.1 Å². The number of fused-ring (bicyclic) bond motifs is 7. The fourth-order valence-corrected chi connectivity index (χ4v) is 12.4. The van der Waals surface area contributed by atoms with Crippen LogP contribution in [0.15, 0.2) is 180 Å². The summed E-state index contributed by atoms with van der Waals surface area (Å²) in [5.74, 6) is 0.880. The maximum Gasteiger partial charge on any atom is 0.257 e. The number of anilines is 9. The van der Waals surface area contributed by atoms with Gasteiger partial charge in [-0.25, -0.2) is 0 Å². The van der Waals surface area contributed by atoms with Crippen LogP contribution in [0.5, 0.6) is 0 Å². The van der Waals surface area contributed by atoms with E-state index in [0.29, 0.717) is 0 Å². The fourth-order valence-electron chi connectivity index (χ4n) is 12.4. The molecule has 3 heterocycles. The second kappa shape index (κ2) is 17.1. The van der Waals surface area contributed by atoms with E-state index in [1.54, 1.807) is 0 Å². The average molecular weight is 982 g/mol. The smallest absolute Gasteiger partial charge is 0.257 e. The van der Waals surface area contributed by atoms with E-state index in [0.717, 1.165) is 58.4 Å². The molecule has 0 fully saturated rings. The highest BCUT2D eigenvalue weighted by Gasteiger charge is 2.49. The quantitative estimate of drug-likeness (QED) is 0.155. The van der Waals surface area contributed by atoms with E-state index >= 15 is 0 Å². The molecule has 3 aliphatic rings. The molecule has 12 rings (SSSR count). The first-order valence-corrected chi connectivity index (χ1v) is 27.3. The van der Waals surface area contributed by atoms with E-state index in [9.17, 15) is 0 Å². The molecule has 0 N–H and O–H groups in total. The van der Waals surface area contributed by atoms with E-state index in [1.165, 1.54) is 72.1 Å². The molecule has 1 aromatic heterocycles. The van der Waals surface area contributed by atoms with Gasteiger partial charge in [-0.2, -0.15) is 0 Å². The van der Waals surface area contributed by atoms with Crippen LogP contribution in [0, 0.1) is 0 Å². The van der Waals surface area contributed by atoms with Crippen LogP contribution >= 0.6 is 0 Å². The van der Waals surface area contributed by atoms with Gasteiger partial charge < -0.3 is 14.2 Å². The molecule has 9 aromatic rings. The summed E-state index contributed by atoms with van der Waals surface area (Å²) in [5, 5.41) is 1.18. The Morgan fingerprint density at radius 2 is 0.920 bits per heavy atom. The summed E-state index contributed by atoms with van der Waals surface area (Å²) in [6.07, 6.45) is 2.26. The van der Waals surface area contributed by atoms with E-state index in [1.807, 2.05) is 0 Å². The summed E-state index contributed by atoms with van der Waals surface area (Å²) < 4.78 is 7.46. The molecule has 8 aromatic carbocycles. The number of benzene rings is 8. The van der Waals surface area contributed by atoms with Gasteiger partial charge in [0.25, 0.3) is 6.71 Å². The second-order valence-electron chi connectivity index (χ2n) is 26.2. The fraction of sp³-hybridized carbons (Fsp3) is 0.286. The van der Waals surface area contributed by atoms with Crippen molar-refractivity contribution in [3.8, 4) is 11.1 Å². The molecule has 2 aliphatic heterocycles. The molecular weight excluding hydrogens is 910 g/mol. The minimum Gasteiger partial charge on any atom is -0.440 e. The van der Waals surface area contributed by atoms with Gasteiger partial charge in [0, 0.05) is 50.7 Å². The third-order valence-electron chi connectivity index (χ3n) is 17.0. The Hall–Kier alpha value is -7.24. The molecule has 0 saturated carbocycles. The molecule has 5 heteroatoms. The third-order valence-corrected chi connectivity index (χ3v) is 17.0. The van der Waals surface area contributed by atoms with Crippen LogP contribution in [0.25, 0.3) is 22.1 Å². The molecule has 376 valence electrons. The van der Waals surface area contributed by atoms with Gasteiger partial charge in [0.15, 0.2) is 0 Å². The Bertz CT molecular complexity index is 3640. The van der Waals surface area contributed by atoms with Crippen molar-refractivity contribution in [1.82, 2.24) is 0 Å². The molecule has 0 amide bonds. The maximum absolute atomic E-state index is 7.46. The molecule has 0 saturated heterocycles. The molecule has 0 radical (unpaired) electrons. The number of furan rings is 1. The predicted octanol–water partition coefficient (Wildman–Crippen LogP) is 17.9. The molecule has 1 aliphatic carbocycles. The van der Waals surface area contributed by atoms with Gasteiger partial charge in [0.2, 0.25) is 5.88 Å². The Labute approximate surface area is 447 Å². The topological polar surface area (TPSA) is 22.9 Å². The van der Waals surface area contributed by atoms with Crippen molar-refractivity contribution in [2.24, 2.45) is 0 Å². The number of hydrogen-bond acceptors (Lipinski definition) is 4. The second-order valence-corrected chi connectivity index (χ2v) is 26.2. The minimum atomic E-state index is -0.137. The zero-order valence-corrected chi connectivity index (χ0v) is 46.5. The summed E-state index contributed by atoms with van der Waals surface area (Å²) in [4.78, 5) is 7.52. The Morgan fingerprint density at radius 3 is 1.48 bits per heavy atom. The van der Waals surface area contributed by atoms with Gasteiger partial charge in [-0.1, -0.05) is 187 Å². The lowest BCUT2D eigenvalue weighted by Crippen LogP contribution is -2.61. The Balaban J connectivity index is 1.22. The van der Waals surface area contributed by atoms with Crippen LogP contribution in [0.3, 0.4) is 0 Å². The van der Waals surface area contributed by atoms with Crippen LogP contribution in [0.1, 0.15) is 131 Å². The SMILES string of the molecule is CC(C)(C)c1ccc(N2c3cc4c(cc3B3c5c2cc(N(c2ccccc2)c2ccc(-c6ccccc6)cc2)cc5N(c2ccc(C(C)(C)C)cc2)c2oc5ccc(C(C)(C)C)cc5c23)C(C)(C)CCC4(C)C)cc1. The van der Waals surface area contributed by atoms with Crippen LogP contribution in [-0.4, -0.2) is 6.71 Å². The summed E-state index contributed by atoms with van der Waals surface area (Å²) in [6.45, 7) is 30.5. The minimum absolute atomic E-state index is 0.00285. The van der Waals surface area contributed by atoms with Crippen LogP contribution in [0.2, 0.25) is 0 Å². The van der Waals surface area contributed by atoms with Crippen LogP contribution in [-0.2, 0) is 27.1 Å². The number of hydrogen-bond donors (Lipinski definition) is 0. The van der Waals surface area contributed by atoms with E-state index in [2.05, 4.69) is 281 Å². The standard InChI is InChI=1S/C70H72BN3O/c1-66(2,3)47-26-33-52(34-27-47)73-59-44-57-56(69(10,11)38-39-70(57,12)13)43-58(59)71-63-55-40-49(68(7,8)9)30-37-62(55)75-65(63)74(53-35-28-48(29-36-53)67(4,5)6)61-42-54(41-60(73)64(61)71)72(50-22-18-15-19-23-50)51-31-24-46(25-32-51)45-20-16-14-17-21-45/h14-37,40-44H,38-39H2,1-13H3. The van der Waals surface area contributed by atoms with Crippen molar-refractivity contribution in [1.29, 1.82) is 0 Å². The van der Waals surface area contributed by atoms with Crippen molar-refractivity contribution in [2.75, 3.05) is 14.7 Å². The van der Waals surface area contributed by atoms with Crippen molar-refractivity contribution >= 4 is 85.5 Å². The first kappa shape index (κ1) is 48.7. The summed E-state index contributed by atoms with van der Waals surface area (Å²) in [6, 6.07) is 66.5. The summed E-state index contributed by atoms with van der Waals surface area (Å²) in [5.41, 5.74) is 22.8. The third kappa shape index (κ3) is 8.20. The average Bonchev–Trinajstić information content (AvgIpc) is 3.92. The van der Waals surface area contributed by atoms with E-state index in [-0.39, 0.29) is 33.8 Å². The molecule has 0 atom stereocenters. The summed E-state index contributed by atoms with van der Waals surface area (Å²) in [7, 11) is 0. The van der Waals surface area contributed by atoms with Crippen molar-refractivity contribution in [2.45, 2.75) is 130 Å². The van der Waals surface area contributed by atoms with Crippen LogP contribution in [0.4, 0.5) is 51.4 Å². The van der Waals surface area contributed by atoms with Gasteiger partial charge in [0.05, 0.1) is 5.69 Å². The Morgan fingerprint density at radius 1 is 0.440 bits per heavy atom. The Kier molecular flexibility index (Phi) is 11.1. The molecular formula is C70H72BN3O. The molecule has 75 heavy (non-hydrogen) atoms. The lowest BCUT2D eigenvalue weighted by atomic mass is 9.33. The number of rotatable bonds is 6. The normalized spacial score (nSPS) is 15.6. The van der Waals surface area contributed by atoms with E-state index in [4.69, 9.17) is 4.42 Å². The molecule has 0 bridgehead atoms. The zero-order valence-electron chi connectivity index (χ0n) is 46.5. The van der Waals surface area contributed by atoms with Crippen molar-refractivity contribution < 1.29 is 4.42 Å². The first-order valence-electron chi connectivity index (χ1n) is 27.3. The first-order chi connectivity index (χ1) is 35.6. The lowest BCUT2D eigenvalue weighted by molar-refractivity contribution is 0.332. The largest absolute Gasteiger partial charge is 0.440 e. The van der Waals surface area contributed by atoms with Crippen molar-refractivity contribution in [3.63, 3.8) is 0 Å². The van der Waals surface area contributed by atoms with Crippen molar-refractivity contribution in [3.05, 3.63) is 204 Å². The highest BCUT2D eigenvalue weighted by atomic mass is 16.4. The maximum atomic E-state index is 7.46. The van der Waals surface area contributed by atoms with Gasteiger partial charge in [-0.3, -0.25) is 4.90 Å². The molecule has 0 spiro atoms. The number of nitrogens with zero attached hydrogens (tertiary/aromatic N) is 3. The lowest BCUT2D eigenvalue weighted by Gasteiger charge is -2.47. The van der Waals surface area contributed by atoms with Gasteiger partial charge in [0.1, 0.15) is 5.58 Å². The molecule has 4 nitrogen and oxygen atoms in total. The number of para-hydroxylation sites is 1. The highest BCUT2D eigenvalue weighted by Crippen LogP contribution is 2.53. The van der Waals surface area contributed by atoms with E-state index < -0.39 is 0 Å². The molecule has 0 unspecified atom stereocenters. The zero-order chi connectivity index (χ0) is 52.6. The predicted molar refractivity (Wildman–Crippen MR) is 322 cm³/mol.